The molecular weight excluding hydrogens is 303 g/mol. The molecule has 1 aromatic heterocycles. The first-order valence-corrected chi connectivity index (χ1v) is 6.70. The fourth-order valence-electron chi connectivity index (χ4n) is 2.25. The van der Waals surface area contributed by atoms with Gasteiger partial charge in [-0.1, -0.05) is 30.3 Å². The molecule has 0 unspecified atom stereocenters. The summed E-state index contributed by atoms with van der Waals surface area (Å²) in [6.07, 6.45) is 0. The van der Waals surface area contributed by atoms with Gasteiger partial charge in [-0.3, -0.25) is 9.59 Å². The molecule has 5 nitrogen and oxygen atoms in total. The Morgan fingerprint density at radius 1 is 1.22 bits per heavy atom. The minimum atomic E-state index is -1.10. The number of rotatable bonds is 2. The Morgan fingerprint density at radius 3 is 2.57 bits per heavy atom. The van der Waals surface area contributed by atoms with Crippen molar-refractivity contribution >= 4 is 16.9 Å². The van der Waals surface area contributed by atoms with Gasteiger partial charge in [0.25, 0.3) is 0 Å². The molecular formula is C17H11FO5. The molecule has 23 heavy (non-hydrogen) atoms. The van der Waals surface area contributed by atoms with E-state index in [1.54, 1.807) is 30.3 Å². The number of fused-ring (bicyclic) bond motifs is 1. The number of esters is 1. The largest absolute Gasteiger partial charge is 0.507 e. The van der Waals surface area contributed by atoms with Crippen molar-refractivity contribution in [1.82, 2.24) is 0 Å². The molecule has 6 heteroatoms. The van der Waals surface area contributed by atoms with Crippen molar-refractivity contribution in [3.05, 3.63) is 58.5 Å². The van der Waals surface area contributed by atoms with Crippen LogP contribution in [0, 0.1) is 5.82 Å². The van der Waals surface area contributed by atoms with E-state index in [2.05, 4.69) is 0 Å². The third kappa shape index (κ3) is 2.66. The number of carbonyl (C=O) groups excluding carboxylic acids is 1. The molecule has 0 aliphatic carbocycles. The number of hydrogen-bond donors (Lipinski definition) is 1. The van der Waals surface area contributed by atoms with Crippen LogP contribution in [-0.4, -0.2) is 11.1 Å². The highest BCUT2D eigenvalue weighted by atomic mass is 19.1. The topological polar surface area (TPSA) is 76.7 Å². The quantitative estimate of drug-likeness (QED) is 0.580. The Balaban J connectivity index is 2.31. The Bertz CT molecular complexity index is 960. The van der Waals surface area contributed by atoms with Gasteiger partial charge in [-0.2, -0.15) is 4.39 Å². The van der Waals surface area contributed by atoms with Crippen LogP contribution >= 0.6 is 0 Å². The summed E-state index contributed by atoms with van der Waals surface area (Å²) >= 11 is 0. The second-order valence-corrected chi connectivity index (χ2v) is 4.85. The molecule has 0 aliphatic heterocycles. The van der Waals surface area contributed by atoms with Gasteiger partial charge < -0.3 is 14.3 Å². The maximum Gasteiger partial charge on any atom is 0.308 e. The summed E-state index contributed by atoms with van der Waals surface area (Å²) in [5.41, 5.74) is -0.690. The van der Waals surface area contributed by atoms with Crippen molar-refractivity contribution in [3.63, 3.8) is 0 Å². The van der Waals surface area contributed by atoms with E-state index in [0.717, 1.165) is 6.07 Å². The molecule has 0 spiro atoms. The van der Waals surface area contributed by atoms with Crippen molar-refractivity contribution in [1.29, 1.82) is 0 Å². The smallest absolute Gasteiger partial charge is 0.308 e. The predicted octanol–water partition coefficient (Wildman–Crippen LogP) is 3.23. The fourth-order valence-corrected chi connectivity index (χ4v) is 2.25. The zero-order valence-corrected chi connectivity index (χ0v) is 12.0. The van der Waals surface area contributed by atoms with Gasteiger partial charge in [0.2, 0.25) is 11.2 Å². The number of ether oxygens (including phenoxy) is 1. The average Bonchev–Trinajstić information content (AvgIpc) is 2.50. The molecule has 0 radical (unpaired) electrons. The van der Waals surface area contributed by atoms with E-state index in [-0.39, 0.29) is 22.5 Å². The second kappa shape index (κ2) is 5.57. The minimum Gasteiger partial charge on any atom is -0.507 e. The fraction of sp³-hybridized carbons (Fsp3) is 0.0588. The molecule has 0 fully saturated rings. The molecule has 2 aromatic carbocycles. The Hall–Kier alpha value is -3.15. The molecule has 3 rings (SSSR count). The summed E-state index contributed by atoms with van der Waals surface area (Å²) in [7, 11) is 0. The van der Waals surface area contributed by atoms with E-state index in [4.69, 9.17) is 9.15 Å². The van der Waals surface area contributed by atoms with Crippen LogP contribution in [0.2, 0.25) is 0 Å². The van der Waals surface area contributed by atoms with Crippen LogP contribution < -0.4 is 10.2 Å². The van der Waals surface area contributed by atoms with E-state index in [1.165, 1.54) is 13.0 Å². The van der Waals surface area contributed by atoms with Gasteiger partial charge in [-0.15, -0.1) is 0 Å². The zero-order chi connectivity index (χ0) is 16.6. The number of phenols is 1. The van der Waals surface area contributed by atoms with Crippen LogP contribution in [0.1, 0.15) is 6.92 Å². The highest BCUT2D eigenvalue weighted by Gasteiger charge is 2.19. The molecule has 0 saturated carbocycles. The lowest BCUT2D eigenvalue weighted by atomic mass is 10.1. The van der Waals surface area contributed by atoms with Gasteiger partial charge in [-0.25, -0.2) is 0 Å². The van der Waals surface area contributed by atoms with E-state index < -0.39 is 23.0 Å². The monoisotopic (exact) mass is 314 g/mol. The number of halogens is 1. The normalized spacial score (nSPS) is 10.7. The predicted molar refractivity (Wildman–Crippen MR) is 80.9 cm³/mol. The zero-order valence-electron chi connectivity index (χ0n) is 12.0. The Kier molecular flexibility index (Phi) is 3.57. The van der Waals surface area contributed by atoms with Crippen LogP contribution in [0.3, 0.4) is 0 Å². The lowest BCUT2D eigenvalue weighted by Crippen LogP contribution is -2.09. The summed E-state index contributed by atoms with van der Waals surface area (Å²) in [6.45, 7) is 1.19. The summed E-state index contributed by atoms with van der Waals surface area (Å²) in [4.78, 5) is 23.2. The molecule has 0 aliphatic rings. The highest BCUT2D eigenvalue weighted by Crippen LogP contribution is 2.32. The van der Waals surface area contributed by atoms with Gasteiger partial charge >= 0.3 is 5.97 Å². The van der Waals surface area contributed by atoms with Gasteiger partial charge in [0.05, 0.1) is 0 Å². The van der Waals surface area contributed by atoms with Crippen molar-refractivity contribution in [3.8, 4) is 22.8 Å². The molecule has 1 heterocycles. The van der Waals surface area contributed by atoms with Crippen LogP contribution in [0.25, 0.3) is 22.3 Å². The first-order chi connectivity index (χ1) is 11.0. The molecule has 0 saturated heterocycles. The van der Waals surface area contributed by atoms with E-state index in [0.29, 0.717) is 5.56 Å². The molecule has 0 atom stereocenters. The molecule has 0 amide bonds. The number of carbonyl (C=O) groups is 1. The lowest BCUT2D eigenvalue weighted by Gasteiger charge is -2.08. The molecule has 3 aromatic rings. The van der Waals surface area contributed by atoms with E-state index in [9.17, 15) is 19.1 Å². The van der Waals surface area contributed by atoms with Crippen molar-refractivity contribution in [2.75, 3.05) is 0 Å². The maximum absolute atomic E-state index is 14.3. The summed E-state index contributed by atoms with van der Waals surface area (Å²) in [5.74, 6) is -2.47. The average molecular weight is 314 g/mol. The van der Waals surface area contributed by atoms with Gasteiger partial charge in [-0.05, 0) is 0 Å². The first-order valence-electron chi connectivity index (χ1n) is 6.70. The number of benzene rings is 2. The summed E-state index contributed by atoms with van der Waals surface area (Å²) in [5, 5.41) is 9.61. The number of aromatic hydroxyl groups is 1. The SMILES string of the molecule is CC(=O)Oc1cc(O)c2c(=O)c(F)c(-c3ccccc3)oc2c1. The molecule has 0 bridgehead atoms. The van der Waals surface area contributed by atoms with E-state index in [1.807, 2.05) is 0 Å². The van der Waals surface area contributed by atoms with Crippen LogP contribution in [0.5, 0.6) is 11.5 Å². The third-order valence-corrected chi connectivity index (χ3v) is 3.19. The lowest BCUT2D eigenvalue weighted by molar-refractivity contribution is -0.131. The van der Waals surface area contributed by atoms with Crippen molar-refractivity contribution in [2.45, 2.75) is 6.92 Å². The molecule has 116 valence electrons. The van der Waals surface area contributed by atoms with Crippen molar-refractivity contribution < 1.29 is 23.4 Å². The van der Waals surface area contributed by atoms with Crippen molar-refractivity contribution in [2.24, 2.45) is 0 Å². The minimum absolute atomic E-state index is 0.00345. The van der Waals surface area contributed by atoms with Crippen LogP contribution in [-0.2, 0) is 4.79 Å². The van der Waals surface area contributed by atoms with E-state index >= 15 is 0 Å². The Morgan fingerprint density at radius 2 is 1.91 bits per heavy atom. The summed E-state index contributed by atoms with van der Waals surface area (Å²) < 4.78 is 24.6. The third-order valence-electron chi connectivity index (χ3n) is 3.19. The standard InChI is InChI=1S/C17H11FO5/c1-9(19)22-11-7-12(20)14-13(8-11)23-17(15(18)16(14)21)10-5-3-2-4-6-10/h2-8,20H,1H3. The summed E-state index contributed by atoms with van der Waals surface area (Å²) in [6, 6.07) is 10.6. The van der Waals surface area contributed by atoms with Gasteiger partial charge in [0.1, 0.15) is 22.5 Å². The first kappa shape index (κ1) is 14.8. The number of hydrogen-bond acceptors (Lipinski definition) is 5. The second-order valence-electron chi connectivity index (χ2n) is 4.85. The Labute approximate surface area is 129 Å². The number of phenolic OH excluding ortho intramolecular Hbond substituents is 1. The maximum atomic E-state index is 14.3. The van der Waals surface area contributed by atoms with Crippen LogP contribution in [0.4, 0.5) is 4.39 Å². The highest BCUT2D eigenvalue weighted by molar-refractivity contribution is 5.87. The van der Waals surface area contributed by atoms with Gasteiger partial charge in [0, 0.05) is 24.6 Å². The van der Waals surface area contributed by atoms with Gasteiger partial charge in [0.15, 0.2) is 5.76 Å². The van der Waals surface area contributed by atoms with Crippen LogP contribution in [0.15, 0.2) is 51.7 Å². The molecule has 1 N–H and O–H groups in total.